The van der Waals surface area contributed by atoms with Crippen LogP contribution in [0.15, 0.2) is 80.6 Å². The molecule has 8 heteroatoms. The minimum absolute atomic E-state index is 0.0147. The van der Waals surface area contributed by atoms with Crippen LogP contribution >= 0.6 is 24.0 Å². The number of amides is 2. The first kappa shape index (κ1) is 21.9. The van der Waals surface area contributed by atoms with Crippen LogP contribution in [0.25, 0.3) is 6.08 Å². The number of nitrogens with zero attached hydrogens (tertiary/aromatic N) is 1. The molecule has 0 spiro atoms. The van der Waals surface area contributed by atoms with Crippen molar-refractivity contribution >= 4 is 52.7 Å². The van der Waals surface area contributed by atoms with Crippen LogP contribution in [0.5, 0.6) is 5.75 Å². The van der Waals surface area contributed by atoms with E-state index < -0.39 is 11.8 Å². The maximum absolute atomic E-state index is 13.2. The van der Waals surface area contributed by atoms with Gasteiger partial charge in [0.1, 0.15) is 17.1 Å². The van der Waals surface area contributed by atoms with Crippen molar-refractivity contribution in [3.8, 4) is 5.75 Å². The molecule has 1 N–H and O–H groups in total. The molecule has 2 amide bonds. The summed E-state index contributed by atoms with van der Waals surface area (Å²) in [4.78, 5) is 28.0. The van der Waals surface area contributed by atoms with Crippen molar-refractivity contribution in [3.63, 3.8) is 0 Å². The Morgan fingerprint density at radius 3 is 2.66 bits per heavy atom. The largest absolute Gasteiger partial charge is 0.494 e. The van der Waals surface area contributed by atoms with Crippen LogP contribution in [-0.2, 0) is 9.59 Å². The van der Waals surface area contributed by atoms with E-state index in [9.17, 15) is 9.59 Å². The lowest BCUT2D eigenvalue weighted by Crippen LogP contribution is -2.54. The minimum atomic E-state index is -0.568. The van der Waals surface area contributed by atoms with Gasteiger partial charge in [0.25, 0.3) is 11.8 Å². The Hall–Kier alpha value is -3.36. The predicted molar refractivity (Wildman–Crippen MR) is 128 cm³/mol. The molecule has 0 unspecified atom stereocenters. The van der Waals surface area contributed by atoms with Crippen LogP contribution in [0.4, 0.5) is 5.69 Å². The van der Waals surface area contributed by atoms with E-state index in [1.165, 1.54) is 28.3 Å². The van der Waals surface area contributed by atoms with Gasteiger partial charge >= 0.3 is 0 Å². The molecule has 4 rings (SSSR count). The lowest BCUT2D eigenvalue weighted by atomic mass is 10.1. The summed E-state index contributed by atoms with van der Waals surface area (Å²) in [6.45, 7) is 4.39. The summed E-state index contributed by atoms with van der Waals surface area (Å²) < 4.78 is 11.3. The normalized spacial score (nSPS) is 15.2. The second-order valence-electron chi connectivity index (χ2n) is 6.96. The van der Waals surface area contributed by atoms with Gasteiger partial charge in [-0.05, 0) is 68.5 Å². The third-order valence-electron chi connectivity index (χ3n) is 4.62. The molecule has 2 aromatic carbocycles. The topological polar surface area (TPSA) is 71.8 Å². The molecule has 32 heavy (non-hydrogen) atoms. The first-order valence-corrected chi connectivity index (χ1v) is 11.2. The van der Waals surface area contributed by atoms with Gasteiger partial charge in [-0.15, -0.1) is 0 Å². The fraction of sp³-hybridized carbons (Fsp3) is 0.125. The number of carbonyl (C=O) groups is 2. The highest BCUT2D eigenvalue weighted by molar-refractivity contribution is 7.99. The maximum atomic E-state index is 13.2. The average Bonchev–Trinajstić information content (AvgIpc) is 3.20. The van der Waals surface area contributed by atoms with E-state index in [1.54, 1.807) is 36.4 Å². The van der Waals surface area contributed by atoms with Crippen LogP contribution in [0.2, 0.25) is 0 Å². The van der Waals surface area contributed by atoms with Crippen LogP contribution in [0.1, 0.15) is 18.2 Å². The zero-order valence-electron chi connectivity index (χ0n) is 17.5. The number of rotatable bonds is 6. The van der Waals surface area contributed by atoms with E-state index in [2.05, 4.69) is 5.32 Å². The zero-order chi connectivity index (χ0) is 22.7. The van der Waals surface area contributed by atoms with Crippen molar-refractivity contribution in [1.82, 2.24) is 5.32 Å². The second-order valence-corrected chi connectivity index (χ2v) is 8.42. The molecule has 0 saturated carbocycles. The van der Waals surface area contributed by atoms with Crippen LogP contribution < -0.4 is 15.0 Å². The van der Waals surface area contributed by atoms with Crippen LogP contribution in [-0.4, -0.2) is 23.5 Å². The quantitative estimate of drug-likeness (QED) is 0.316. The average molecular weight is 465 g/mol. The number of carbonyl (C=O) groups excluding carboxylic acids is 2. The summed E-state index contributed by atoms with van der Waals surface area (Å²) >= 11 is 6.71. The summed E-state index contributed by atoms with van der Waals surface area (Å²) in [6.07, 6.45) is 1.43. The molecule has 1 aliphatic heterocycles. The highest BCUT2D eigenvalue weighted by atomic mass is 32.2. The Bertz CT molecular complexity index is 1210. The number of anilines is 1. The highest BCUT2D eigenvalue weighted by Crippen LogP contribution is 2.31. The van der Waals surface area contributed by atoms with Crippen LogP contribution in [0.3, 0.4) is 0 Å². The summed E-state index contributed by atoms with van der Waals surface area (Å²) in [6, 6.07) is 18.6. The van der Waals surface area contributed by atoms with E-state index in [-0.39, 0.29) is 10.7 Å². The number of hydrogen-bond acceptors (Lipinski definition) is 6. The van der Waals surface area contributed by atoms with Crippen LogP contribution in [0, 0.1) is 6.92 Å². The van der Waals surface area contributed by atoms with Gasteiger partial charge < -0.3 is 9.15 Å². The molecule has 1 fully saturated rings. The monoisotopic (exact) mass is 464 g/mol. The summed E-state index contributed by atoms with van der Waals surface area (Å²) in [5, 5.41) is 3.24. The molecular formula is C24H20N2O4S2. The highest BCUT2D eigenvalue weighted by Gasteiger charge is 2.35. The van der Waals surface area contributed by atoms with Gasteiger partial charge in [0.2, 0.25) is 0 Å². The number of hydrogen-bond donors (Lipinski definition) is 1. The molecule has 1 aromatic heterocycles. The van der Waals surface area contributed by atoms with Gasteiger partial charge in [-0.3, -0.25) is 19.8 Å². The number of thiocarbonyl (C=S) groups is 1. The Morgan fingerprint density at radius 2 is 1.91 bits per heavy atom. The lowest BCUT2D eigenvalue weighted by molar-refractivity contribution is -0.122. The van der Waals surface area contributed by atoms with Gasteiger partial charge in [-0.25, -0.2) is 0 Å². The van der Waals surface area contributed by atoms with Crippen molar-refractivity contribution in [2.45, 2.75) is 23.8 Å². The van der Waals surface area contributed by atoms with Crippen molar-refractivity contribution in [2.75, 3.05) is 11.5 Å². The molecular weight excluding hydrogens is 444 g/mol. The fourth-order valence-corrected chi connectivity index (χ4v) is 4.16. The summed E-state index contributed by atoms with van der Waals surface area (Å²) in [5.41, 5.74) is 1.61. The molecule has 0 aliphatic carbocycles. The smallest absolute Gasteiger partial charge is 0.270 e. The third kappa shape index (κ3) is 4.76. The Balaban J connectivity index is 1.59. The van der Waals surface area contributed by atoms with E-state index in [4.69, 9.17) is 21.4 Å². The lowest BCUT2D eigenvalue weighted by Gasteiger charge is -2.29. The molecule has 162 valence electrons. The van der Waals surface area contributed by atoms with Gasteiger partial charge in [0.15, 0.2) is 10.2 Å². The third-order valence-corrected chi connectivity index (χ3v) is 5.83. The number of nitrogens with one attached hydrogen (secondary N) is 1. The molecule has 0 atom stereocenters. The van der Waals surface area contributed by atoms with Crippen molar-refractivity contribution in [3.05, 3.63) is 77.6 Å². The minimum Gasteiger partial charge on any atom is -0.494 e. The van der Waals surface area contributed by atoms with E-state index in [0.29, 0.717) is 28.9 Å². The van der Waals surface area contributed by atoms with Crippen molar-refractivity contribution in [2.24, 2.45) is 0 Å². The summed E-state index contributed by atoms with van der Waals surface area (Å²) in [7, 11) is 0. The van der Waals surface area contributed by atoms with E-state index >= 15 is 0 Å². The van der Waals surface area contributed by atoms with E-state index in [0.717, 1.165) is 4.90 Å². The molecule has 1 saturated heterocycles. The number of benzene rings is 2. The second kappa shape index (κ2) is 9.42. The van der Waals surface area contributed by atoms with Gasteiger partial charge in [0, 0.05) is 11.0 Å². The summed E-state index contributed by atoms with van der Waals surface area (Å²) in [5.74, 6) is -0.0985. The molecule has 2 heterocycles. The van der Waals surface area contributed by atoms with Crippen molar-refractivity contribution in [1.29, 1.82) is 0 Å². The molecule has 0 radical (unpaired) electrons. The first-order chi connectivity index (χ1) is 15.4. The zero-order valence-corrected chi connectivity index (χ0v) is 19.1. The molecule has 6 nitrogen and oxygen atoms in total. The van der Waals surface area contributed by atoms with Gasteiger partial charge in [0.05, 0.1) is 12.3 Å². The van der Waals surface area contributed by atoms with E-state index in [1.807, 2.05) is 38.1 Å². The first-order valence-electron chi connectivity index (χ1n) is 9.93. The number of aryl methyl sites for hydroxylation is 1. The Kier molecular flexibility index (Phi) is 6.43. The standard InChI is InChI=1S/C24H20N2O4S2/c1-3-29-17-6-4-5-16(13-17)26-23(28)20(22(27)25-24(26)31)14-18-9-12-21(30-18)32-19-10-7-15(2)8-11-19/h4-14H,3H2,1-2H3,(H,25,27,31)/b20-14+. The molecule has 0 bridgehead atoms. The number of furan rings is 1. The maximum Gasteiger partial charge on any atom is 0.270 e. The van der Waals surface area contributed by atoms with Gasteiger partial charge in [-0.2, -0.15) is 0 Å². The SMILES string of the molecule is CCOc1cccc(N2C(=O)/C(=C/c3ccc(Sc4ccc(C)cc4)o3)C(=O)NC2=S)c1. The van der Waals surface area contributed by atoms with Crippen molar-refractivity contribution < 1.29 is 18.7 Å². The van der Waals surface area contributed by atoms with Gasteiger partial charge in [-0.1, -0.05) is 35.5 Å². The number of ether oxygens (including phenoxy) is 1. The molecule has 3 aromatic rings. The predicted octanol–water partition coefficient (Wildman–Crippen LogP) is 4.97. The Morgan fingerprint density at radius 1 is 1.12 bits per heavy atom. The fourth-order valence-electron chi connectivity index (χ4n) is 3.10. The Labute approximate surface area is 195 Å². The molecule has 1 aliphatic rings.